The summed E-state index contributed by atoms with van der Waals surface area (Å²) < 4.78 is 60.9. The highest BCUT2D eigenvalue weighted by Crippen LogP contribution is 2.38. The van der Waals surface area contributed by atoms with Crippen molar-refractivity contribution in [3.8, 4) is 5.75 Å². The zero-order chi connectivity index (χ0) is 21.8. The van der Waals surface area contributed by atoms with Crippen LogP contribution in [0.15, 0.2) is 24.3 Å². The van der Waals surface area contributed by atoms with E-state index in [0.29, 0.717) is 49.8 Å². The average molecular weight is 431 g/mol. The minimum atomic E-state index is -4.71. The Kier molecular flexibility index (Phi) is 7.13. The molecule has 0 aromatic heterocycles. The quantitative estimate of drug-likeness (QED) is 0.677. The summed E-state index contributed by atoms with van der Waals surface area (Å²) in [4.78, 5) is 13.6. The van der Waals surface area contributed by atoms with Crippen LogP contribution in [-0.2, 0) is 20.8 Å². The molecule has 2 aliphatic heterocycles. The van der Waals surface area contributed by atoms with Crippen LogP contribution in [0, 0.1) is 5.92 Å². The minimum Gasteiger partial charge on any atom is -0.497 e. The fourth-order valence-corrected chi connectivity index (χ4v) is 3.91. The minimum absolute atomic E-state index is 0.0319. The van der Waals surface area contributed by atoms with Crippen molar-refractivity contribution >= 4 is 6.09 Å². The molecule has 1 amide bonds. The molecule has 0 N–H and O–H groups in total. The molecule has 0 saturated carbocycles. The number of benzene rings is 1. The van der Waals surface area contributed by atoms with E-state index in [2.05, 4.69) is 6.92 Å². The maximum absolute atomic E-state index is 13.3. The summed E-state index contributed by atoms with van der Waals surface area (Å²) in [6.45, 7) is 2.64. The fourth-order valence-electron chi connectivity index (χ4n) is 3.91. The van der Waals surface area contributed by atoms with Crippen LogP contribution in [0.25, 0.3) is 0 Å². The van der Waals surface area contributed by atoms with E-state index < -0.39 is 25.0 Å². The number of methoxy groups -OCH3 is 1. The molecule has 1 aromatic carbocycles. The molecule has 0 aliphatic carbocycles. The summed E-state index contributed by atoms with van der Waals surface area (Å²) in [5, 5.41) is 0. The number of piperidine rings is 1. The first kappa shape index (κ1) is 22.7. The number of hydrogen-bond acceptors (Lipinski definition) is 5. The third kappa shape index (κ3) is 5.78. The Morgan fingerprint density at radius 2 is 1.93 bits per heavy atom. The van der Waals surface area contributed by atoms with Crippen LogP contribution >= 0.6 is 0 Å². The molecule has 1 spiro atoms. The standard InChI is InChI=1S/C21H28F3NO5/c1-15-11-20(29-12-15)7-9-25(10-8-20)19(26)30-18(21(22,23)24)14-28-13-16-3-5-17(27-2)6-4-16/h3-6,15,18H,7-14H2,1-2H3/t15?,18-/m1/s1. The predicted octanol–water partition coefficient (Wildman–Crippen LogP) is 4.17. The molecule has 2 saturated heterocycles. The van der Waals surface area contributed by atoms with Crippen molar-refractivity contribution in [1.29, 1.82) is 0 Å². The van der Waals surface area contributed by atoms with Gasteiger partial charge in [-0.3, -0.25) is 0 Å². The largest absolute Gasteiger partial charge is 0.497 e. The van der Waals surface area contributed by atoms with E-state index in [0.717, 1.165) is 6.42 Å². The monoisotopic (exact) mass is 431 g/mol. The van der Waals surface area contributed by atoms with E-state index >= 15 is 0 Å². The predicted molar refractivity (Wildman–Crippen MR) is 102 cm³/mol. The normalized spacial score (nSPS) is 22.2. The first-order valence-electron chi connectivity index (χ1n) is 10.1. The van der Waals surface area contributed by atoms with Gasteiger partial charge in [0, 0.05) is 19.7 Å². The molecular weight excluding hydrogens is 403 g/mol. The topological polar surface area (TPSA) is 57.2 Å². The lowest BCUT2D eigenvalue weighted by Gasteiger charge is -2.38. The van der Waals surface area contributed by atoms with Crippen molar-refractivity contribution in [2.45, 2.75) is 50.7 Å². The van der Waals surface area contributed by atoms with Gasteiger partial charge in [-0.05, 0) is 42.9 Å². The average Bonchev–Trinajstić information content (AvgIpc) is 3.07. The number of nitrogens with zero attached hydrogens (tertiary/aromatic N) is 1. The Balaban J connectivity index is 1.48. The number of ether oxygens (including phenoxy) is 4. The smallest absolute Gasteiger partial charge is 0.427 e. The van der Waals surface area contributed by atoms with Gasteiger partial charge in [0.05, 0.1) is 25.9 Å². The SMILES string of the molecule is COc1ccc(COC[C@@H](OC(=O)N2CCC3(CC2)CC(C)CO3)C(F)(F)F)cc1. The molecule has 0 radical (unpaired) electrons. The number of rotatable bonds is 6. The Morgan fingerprint density at radius 1 is 1.27 bits per heavy atom. The van der Waals surface area contributed by atoms with Crippen LogP contribution < -0.4 is 4.74 Å². The van der Waals surface area contributed by atoms with Crippen LogP contribution in [-0.4, -0.2) is 62.3 Å². The van der Waals surface area contributed by atoms with Gasteiger partial charge >= 0.3 is 12.3 Å². The maximum Gasteiger partial charge on any atom is 0.427 e. The van der Waals surface area contributed by atoms with Crippen molar-refractivity contribution in [2.75, 3.05) is 33.4 Å². The van der Waals surface area contributed by atoms with Gasteiger partial charge in [0.2, 0.25) is 6.10 Å². The van der Waals surface area contributed by atoms with E-state index in [1.54, 1.807) is 24.3 Å². The molecule has 1 unspecified atom stereocenters. The Labute approximate surface area is 174 Å². The lowest BCUT2D eigenvalue weighted by atomic mass is 9.86. The van der Waals surface area contributed by atoms with Crippen LogP contribution in [0.2, 0.25) is 0 Å². The summed E-state index contributed by atoms with van der Waals surface area (Å²) >= 11 is 0. The van der Waals surface area contributed by atoms with Gasteiger partial charge in [0.1, 0.15) is 5.75 Å². The van der Waals surface area contributed by atoms with Crippen LogP contribution in [0.3, 0.4) is 0 Å². The number of likely N-dealkylation sites (tertiary alicyclic amines) is 1. The van der Waals surface area contributed by atoms with E-state index in [1.165, 1.54) is 12.0 Å². The molecule has 1 aromatic rings. The second kappa shape index (κ2) is 9.43. The van der Waals surface area contributed by atoms with Gasteiger partial charge < -0.3 is 23.8 Å². The molecule has 2 fully saturated rings. The Hall–Kier alpha value is -2.00. The molecule has 2 atom stereocenters. The molecular formula is C21H28F3NO5. The Morgan fingerprint density at radius 3 is 2.47 bits per heavy atom. The second-order valence-electron chi connectivity index (χ2n) is 8.07. The van der Waals surface area contributed by atoms with Gasteiger partial charge in [-0.1, -0.05) is 19.1 Å². The summed E-state index contributed by atoms with van der Waals surface area (Å²) in [5.41, 5.74) is 0.441. The highest BCUT2D eigenvalue weighted by molar-refractivity contribution is 5.68. The maximum atomic E-state index is 13.3. The van der Waals surface area contributed by atoms with Crippen molar-refractivity contribution in [1.82, 2.24) is 4.90 Å². The van der Waals surface area contributed by atoms with Crippen LogP contribution in [0.4, 0.5) is 18.0 Å². The fraction of sp³-hybridized carbons (Fsp3) is 0.667. The first-order chi connectivity index (χ1) is 14.2. The molecule has 6 nitrogen and oxygen atoms in total. The van der Waals surface area contributed by atoms with Crippen molar-refractivity contribution in [3.05, 3.63) is 29.8 Å². The van der Waals surface area contributed by atoms with Gasteiger partial charge in [0.15, 0.2) is 0 Å². The van der Waals surface area contributed by atoms with Gasteiger partial charge in [-0.2, -0.15) is 13.2 Å². The van der Waals surface area contributed by atoms with E-state index in [9.17, 15) is 18.0 Å². The third-order valence-corrected chi connectivity index (χ3v) is 5.63. The second-order valence-corrected chi connectivity index (χ2v) is 8.07. The number of amides is 1. The molecule has 0 bridgehead atoms. The molecule has 9 heteroatoms. The van der Waals surface area contributed by atoms with E-state index in [-0.39, 0.29) is 12.2 Å². The molecule has 2 heterocycles. The van der Waals surface area contributed by atoms with Gasteiger partial charge in [-0.25, -0.2) is 4.79 Å². The van der Waals surface area contributed by atoms with Crippen molar-refractivity contribution in [3.63, 3.8) is 0 Å². The lowest BCUT2D eigenvalue weighted by molar-refractivity contribution is -0.220. The van der Waals surface area contributed by atoms with Crippen molar-refractivity contribution in [2.24, 2.45) is 5.92 Å². The van der Waals surface area contributed by atoms with E-state index in [4.69, 9.17) is 18.9 Å². The highest BCUT2D eigenvalue weighted by Gasteiger charge is 2.46. The number of hydrogen-bond donors (Lipinski definition) is 0. The zero-order valence-electron chi connectivity index (χ0n) is 17.2. The molecule has 3 rings (SSSR count). The van der Waals surface area contributed by atoms with Crippen LogP contribution in [0.1, 0.15) is 31.7 Å². The van der Waals surface area contributed by atoms with E-state index in [1.807, 2.05) is 0 Å². The molecule has 168 valence electrons. The summed E-state index contributed by atoms with van der Waals surface area (Å²) in [6, 6.07) is 6.78. The summed E-state index contributed by atoms with van der Waals surface area (Å²) in [6.07, 6.45) is -5.86. The first-order valence-corrected chi connectivity index (χ1v) is 10.1. The van der Waals surface area contributed by atoms with Gasteiger partial charge in [0.25, 0.3) is 0 Å². The number of alkyl halides is 3. The number of carbonyl (C=O) groups is 1. The number of halogens is 3. The summed E-state index contributed by atoms with van der Waals surface area (Å²) in [7, 11) is 1.53. The van der Waals surface area contributed by atoms with Gasteiger partial charge in [-0.15, -0.1) is 0 Å². The molecule has 2 aliphatic rings. The Bertz CT molecular complexity index is 702. The highest BCUT2D eigenvalue weighted by atomic mass is 19.4. The van der Waals surface area contributed by atoms with Crippen molar-refractivity contribution < 1.29 is 36.9 Å². The lowest BCUT2D eigenvalue weighted by Crippen LogP contribution is -2.49. The zero-order valence-corrected chi connectivity index (χ0v) is 17.2. The van der Waals surface area contributed by atoms with Crippen LogP contribution in [0.5, 0.6) is 5.75 Å². The molecule has 30 heavy (non-hydrogen) atoms. The third-order valence-electron chi connectivity index (χ3n) is 5.63. The summed E-state index contributed by atoms with van der Waals surface area (Å²) in [5.74, 6) is 1.10. The number of carbonyl (C=O) groups excluding carboxylic acids is 1.